The van der Waals surface area contributed by atoms with Gasteiger partial charge in [-0.3, -0.25) is 0 Å². The van der Waals surface area contributed by atoms with Crippen molar-refractivity contribution < 1.29 is 0 Å². The third-order valence-corrected chi connectivity index (χ3v) is 22.6. The molecule has 4 heteroatoms. The molecule has 0 atom stereocenters. The Labute approximate surface area is 649 Å². The maximum absolute atomic E-state index is 2.49. The van der Waals surface area contributed by atoms with E-state index in [1.807, 2.05) is 0 Å². The Morgan fingerprint density at radius 2 is 0.536 bits per heavy atom. The van der Waals surface area contributed by atoms with Crippen LogP contribution in [0.15, 0.2) is 437 Å². The molecule has 0 N–H and O–H groups in total. The van der Waals surface area contributed by atoms with E-state index in [1.54, 1.807) is 0 Å². The van der Waals surface area contributed by atoms with Gasteiger partial charge in [0.1, 0.15) is 0 Å². The van der Waals surface area contributed by atoms with E-state index in [-0.39, 0.29) is 0 Å². The van der Waals surface area contributed by atoms with Crippen molar-refractivity contribution in [3.05, 3.63) is 437 Å². The predicted molar refractivity (Wildman–Crippen MR) is 478 cm³/mol. The molecule has 0 fully saturated rings. The maximum atomic E-state index is 2.49. The molecule has 0 spiro atoms. The summed E-state index contributed by atoms with van der Waals surface area (Å²) >= 11 is 0. The lowest BCUT2D eigenvalue weighted by Gasteiger charge is -2.26. The van der Waals surface area contributed by atoms with E-state index >= 15 is 0 Å². The molecule has 0 saturated carbocycles. The van der Waals surface area contributed by atoms with Crippen LogP contribution in [0, 0.1) is 0 Å². The van der Waals surface area contributed by atoms with Gasteiger partial charge in [-0.25, -0.2) is 0 Å². The van der Waals surface area contributed by atoms with Gasteiger partial charge in [0, 0.05) is 72.1 Å². The van der Waals surface area contributed by atoms with E-state index in [0.29, 0.717) is 0 Å². The Morgan fingerprint density at radius 3 is 1.07 bits per heavy atom. The number of anilines is 6. The Morgan fingerprint density at radius 1 is 0.161 bits per heavy atom. The first-order chi connectivity index (χ1) is 55.5. The second-order valence-electron chi connectivity index (χ2n) is 29.2. The largest absolute Gasteiger partial charge is 0.311 e. The number of nitrogens with zero attached hydrogens (tertiary/aromatic N) is 4. The highest BCUT2D eigenvalue weighted by Gasteiger charge is 2.22. The van der Waals surface area contributed by atoms with Gasteiger partial charge in [0.15, 0.2) is 0 Å². The molecule has 2 heterocycles. The predicted octanol–water partition coefficient (Wildman–Crippen LogP) is 30.1. The maximum Gasteiger partial charge on any atom is 0.0619 e. The number of benzene rings is 20. The molecule has 0 bridgehead atoms. The zero-order valence-corrected chi connectivity index (χ0v) is 61.4. The third-order valence-electron chi connectivity index (χ3n) is 22.6. The molecule has 0 amide bonds. The van der Waals surface area contributed by atoms with E-state index in [4.69, 9.17) is 0 Å². The smallest absolute Gasteiger partial charge is 0.0619 e. The second-order valence-corrected chi connectivity index (χ2v) is 29.2. The zero-order chi connectivity index (χ0) is 74.0. The first-order valence-corrected chi connectivity index (χ1v) is 38.5. The molecule has 20 aromatic carbocycles. The van der Waals surface area contributed by atoms with Crippen molar-refractivity contribution in [1.82, 2.24) is 9.13 Å². The molecule has 112 heavy (non-hydrogen) atoms. The van der Waals surface area contributed by atoms with Gasteiger partial charge in [0.2, 0.25) is 0 Å². The minimum atomic E-state index is 1.11. The van der Waals surface area contributed by atoms with Crippen LogP contribution >= 0.6 is 0 Å². The average Bonchev–Trinajstić information content (AvgIpc) is 1.57. The fourth-order valence-corrected chi connectivity index (χ4v) is 17.2. The third kappa shape index (κ3) is 11.7. The van der Waals surface area contributed by atoms with Gasteiger partial charge in [-0.1, -0.05) is 303 Å². The van der Waals surface area contributed by atoms with Gasteiger partial charge in [0.25, 0.3) is 0 Å². The van der Waals surface area contributed by atoms with Crippen LogP contribution in [0.3, 0.4) is 0 Å². The normalized spacial score (nSPS) is 11.6. The second kappa shape index (κ2) is 27.7. The van der Waals surface area contributed by atoms with Crippen LogP contribution in [-0.4, -0.2) is 9.13 Å². The van der Waals surface area contributed by atoms with Crippen LogP contribution in [-0.2, 0) is 0 Å². The number of rotatable bonds is 12. The summed E-state index contributed by atoms with van der Waals surface area (Å²) in [6.45, 7) is 0. The molecule has 22 rings (SSSR count). The Balaban J connectivity index is 0.000000143. The number of hydrogen-bond acceptors (Lipinski definition) is 2. The highest BCUT2D eigenvalue weighted by atomic mass is 15.1. The summed E-state index contributed by atoms with van der Waals surface area (Å²) in [6.07, 6.45) is 0. The van der Waals surface area contributed by atoms with Crippen LogP contribution in [0.5, 0.6) is 0 Å². The minimum absolute atomic E-state index is 1.11. The van der Waals surface area contributed by atoms with E-state index in [1.165, 1.54) is 158 Å². The van der Waals surface area contributed by atoms with Crippen molar-refractivity contribution >= 4 is 142 Å². The summed E-state index contributed by atoms with van der Waals surface area (Å²) < 4.78 is 4.91. The van der Waals surface area contributed by atoms with Crippen molar-refractivity contribution in [2.24, 2.45) is 0 Å². The highest BCUT2D eigenvalue weighted by Crippen LogP contribution is 2.45. The number of aromatic nitrogens is 2. The van der Waals surface area contributed by atoms with Crippen LogP contribution < -0.4 is 9.80 Å². The Bertz CT molecular complexity index is 7250. The number of para-hydroxylation sites is 3. The monoisotopic (exact) mass is 1420 g/mol. The summed E-state index contributed by atoms with van der Waals surface area (Å²) in [5.41, 5.74) is 23.5. The van der Waals surface area contributed by atoms with Crippen molar-refractivity contribution in [3.63, 3.8) is 0 Å². The van der Waals surface area contributed by atoms with Crippen molar-refractivity contribution in [2.45, 2.75) is 0 Å². The summed E-state index contributed by atoms with van der Waals surface area (Å²) in [7, 11) is 0. The summed E-state index contributed by atoms with van der Waals surface area (Å²) in [6, 6.07) is 159. The number of hydrogen-bond donors (Lipinski definition) is 0. The SMILES string of the molecule is c1ccc(N(c2ccc(-c3ccc4ccccc4c3)cc2)c2ccc(-c3ccc(-n4c5cc6ccccc6cc5c5cc6ccccc6cc54)c4ccccc34)cc2)cc1.c1ccc(N(c2ccc(-c3ccc4ccccc4c3)cc2)c2cccc(-c3ccc(-n4c5ccccc5c5ccc6ccccc6c54)cc3)c2)cc1. The molecule has 0 aliphatic carbocycles. The van der Waals surface area contributed by atoms with E-state index in [2.05, 4.69) is 456 Å². The zero-order valence-electron chi connectivity index (χ0n) is 61.4. The lowest BCUT2D eigenvalue weighted by atomic mass is 9.96. The summed E-state index contributed by atoms with van der Waals surface area (Å²) in [4.78, 5) is 4.68. The standard InChI is InChI=1S/C58H38N2.C50H34N2/c1-2-18-48(19-3-1)59(49-28-24-40(25-29-49)47-23-22-39-12-4-5-13-42(39)34-47)50-30-26-41(27-31-50)51-32-33-56(53-21-11-10-20-52(51)53)60-57-37-45-16-8-6-14-43(45)35-54(57)55-36-44-15-7-9-17-46(44)38-58(55)60;1-2-15-42(16-3-1)51(43-28-23-37(24-29-43)41-22-21-35-11-4-5-13-39(35)33-41)45-17-10-14-40(34-45)36-25-30-44(31-26-36)52-49-20-9-8-19-47(49)48-32-27-38-12-6-7-18-46(38)50(48)52/h1-38H;1-34H. The van der Waals surface area contributed by atoms with Crippen LogP contribution in [0.4, 0.5) is 34.1 Å². The molecule has 2 aromatic heterocycles. The molecule has 22 aromatic rings. The van der Waals surface area contributed by atoms with Gasteiger partial charge in [-0.05, 0) is 232 Å². The van der Waals surface area contributed by atoms with Crippen molar-refractivity contribution in [2.75, 3.05) is 9.80 Å². The molecular formula is C108H72N4. The first kappa shape index (κ1) is 65.5. The van der Waals surface area contributed by atoms with Crippen LogP contribution in [0.1, 0.15) is 0 Å². The fourth-order valence-electron chi connectivity index (χ4n) is 17.2. The molecule has 4 nitrogen and oxygen atoms in total. The lowest BCUT2D eigenvalue weighted by Crippen LogP contribution is -2.09. The topological polar surface area (TPSA) is 16.3 Å². The van der Waals surface area contributed by atoms with Gasteiger partial charge >= 0.3 is 0 Å². The van der Waals surface area contributed by atoms with Crippen molar-refractivity contribution in [3.8, 4) is 55.9 Å². The Hall–Kier alpha value is -14.8. The van der Waals surface area contributed by atoms with Crippen molar-refractivity contribution in [1.29, 1.82) is 0 Å². The molecule has 0 aliphatic rings. The molecule has 0 aliphatic heterocycles. The van der Waals surface area contributed by atoms with Gasteiger partial charge < -0.3 is 18.9 Å². The highest BCUT2D eigenvalue weighted by molar-refractivity contribution is 6.20. The number of fused-ring (bicyclic) bond motifs is 13. The molecular weight excluding hydrogens is 1350 g/mol. The molecule has 524 valence electrons. The lowest BCUT2D eigenvalue weighted by molar-refractivity contribution is 1.19. The van der Waals surface area contributed by atoms with Gasteiger partial charge in [-0.15, -0.1) is 0 Å². The summed E-state index contributed by atoms with van der Waals surface area (Å²) in [5, 5.41) is 20.0. The van der Waals surface area contributed by atoms with Gasteiger partial charge in [0.05, 0.1) is 27.8 Å². The minimum Gasteiger partial charge on any atom is -0.311 e. The molecule has 0 unspecified atom stereocenters. The first-order valence-electron chi connectivity index (χ1n) is 38.5. The fraction of sp³-hybridized carbons (Fsp3) is 0. The molecule has 0 saturated heterocycles. The average molecular weight is 1430 g/mol. The van der Waals surface area contributed by atoms with E-state index in [0.717, 1.165) is 39.8 Å². The molecule has 0 radical (unpaired) electrons. The Kier molecular flexibility index (Phi) is 16.2. The van der Waals surface area contributed by atoms with Gasteiger partial charge in [-0.2, -0.15) is 0 Å². The summed E-state index contributed by atoms with van der Waals surface area (Å²) in [5.74, 6) is 0. The quantitative estimate of drug-likeness (QED) is 0.121. The van der Waals surface area contributed by atoms with E-state index in [9.17, 15) is 0 Å². The van der Waals surface area contributed by atoms with Crippen LogP contribution in [0.25, 0.3) is 164 Å². The van der Waals surface area contributed by atoms with E-state index < -0.39 is 0 Å². The van der Waals surface area contributed by atoms with Crippen LogP contribution in [0.2, 0.25) is 0 Å².